The molecule has 3 atom stereocenters. The van der Waals surface area contributed by atoms with Crippen LogP contribution >= 0.6 is 0 Å². The molecule has 0 aromatic heterocycles. The minimum atomic E-state index is -0.610. The number of aliphatic hydroxyl groups is 1. The molecule has 3 N–H and O–H groups in total. The van der Waals surface area contributed by atoms with Gasteiger partial charge in [0.05, 0.1) is 12.7 Å². The molecule has 1 aromatic rings. The predicted molar refractivity (Wildman–Crippen MR) is 83.8 cm³/mol. The maximum absolute atomic E-state index is 10.7. The standard InChI is InChI=1S/C17H27NO3/c1-4-6-12(10-18)17(19)14-9-15-13(7-11(3)21-15)8-16(14)20-5-2/h8-9,11-12,17,19H,4-7,10,18H2,1-3H3. The van der Waals surface area contributed by atoms with E-state index in [2.05, 4.69) is 13.8 Å². The number of rotatable bonds is 7. The summed E-state index contributed by atoms with van der Waals surface area (Å²) >= 11 is 0. The summed E-state index contributed by atoms with van der Waals surface area (Å²) < 4.78 is 11.5. The SMILES string of the molecule is CCCC(CN)C(O)c1cc2c(cc1OCC)CC(C)O2. The van der Waals surface area contributed by atoms with E-state index < -0.39 is 6.10 Å². The third-order valence-electron chi connectivity index (χ3n) is 4.06. The molecular formula is C17H27NO3. The van der Waals surface area contributed by atoms with Crippen molar-refractivity contribution in [2.24, 2.45) is 11.7 Å². The van der Waals surface area contributed by atoms with Crippen molar-refractivity contribution in [2.45, 2.75) is 52.2 Å². The fourth-order valence-corrected chi connectivity index (χ4v) is 3.00. The van der Waals surface area contributed by atoms with E-state index in [1.807, 2.05) is 19.1 Å². The molecule has 0 radical (unpaired) electrons. The number of hydrogen-bond acceptors (Lipinski definition) is 4. The normalized spacial score (nSPS) is 19.8. The molecule has 1 heterocycles. The summed E-state index contributed by atoms with van der Waals surface area (Å²) in [6, 6.07) is 3.95. The van der Waals surface area contributed by atoms with Gasteiger partial charge in [-0.05, 0) is 38.9 Å². The number of ether oxygens (including phenoxy) is 2. The molecule has 0 saturated heterocycles. The highest BCUT2D eigenvalue weighted by molar-refractivity contribution is 5.49. The molecular weight excluding hydrogens is 266 g/mol. The van der Waals surface area contributed by atoms with Crippen molar-refractivity contribution in [2.75, 3.05) is 13.2 Å². The highest BCUT2D eigenvalue weighted by Crippen LogP contribution is 2.40. The summed E-state index contributed by atoms with van der Waals surface area (Å²) in [6.45, 7) is 7.16. The smallest absolute Gasteiger partial charge is 0.125 e. The number of nitrogens with two attached hydrogens (primary N) is 1. The third-order valence-corrected chi connectivity index (χ3v) is 4.06. The summed E-state index contributed by atoms with van der Waals surface area (Å²) in [5.74, 6) is 1.68. The molecule has 1 aliphatic heterocycles. The topological polar surface area (TPSA) is 64.7 Å². The Bertz CT molecular complexity index is 475. The lowest BCUT2D eigenvalue weighted by Crippen LogP contribution is -2.22. The second-order valence-electron chi connectivity index (χ2n) is 5.79. The Kier molecular flexibility index (Phi) is 5.48. The Balaban J connectivity index is 2.34. The van der Waals surface area contributed by atoms with Crippen LogP contribution in [0.25, 0.3) is 0 Å². The van der Waals surface area contributed by atoms with Crippen molar-refractivity contribution in [3.63, 3.8) is 0 Å². The van der Waals surface area contributed by atoms with Crippen LogP contribution in [0, 0.1) is 5.92 Å². The van der Waals surface area contributed by atoms with E-state index in [1.54, 1.807) is 0 Å². The van der Waals surface area contributed by atoms with Gasteiger partial charge in [0.1, 0.15) is 17.6 Å². The molecule has 0 aliphatic carbocycles. The molecule has 2 rings (SSSR count). The Morgan fingerprint density at radius 3 is 2.81 bits per heavy atom. The van der Waals surface area contributed by atoms with Gasteiger partial charge in [0.2, 0.25) is 0 Å². The van der Waals surface area contributed by atoms with Crippen molar-refractivity contribution < 1.29 is 14.6 Å². The zero-order valence-electron chi connectivity index (χ0n) is 13.3. The molecule has 4 nitrogen and oxygen atoms in total. The second kappa shape index (κ2) is 7.14. The van der Waals surface area contributed by atoms with Crippen LogP contribution in [0.15, 0.2) is 12.1 Å². The van der Waals surface area contributed by atoms with Crippen LogP contribution in [-0.4, -0.2) is 24.4 Å². The summed E-state index contributed by atoms with van der Waals surface area (Å²) in [5, 5.41) is 10.7. The molecule has 3 unspecified atom stereocenters. The van der Waals surface area contributed by atoms with E-state index in [1.165, 1.54) is 0 Å². The van der Waals surface area contributed by atoms with Crippen LogP contribution in [0.5, 0.6) is 11.5 Å². The highest BCUT2D eigenvalue weighted by Gasteiger charge is 2.27. The predicted octanol–water partition coefficient (Wildman–Crippen LogP) is 2.82. The molecule has 0 amide bonds. The number of fused-ring (bicyclic) bond motifs is 1. The first-order chi connectivity index (χ1) is 10.1. The van der Waals surface area contributed by atoms with Gasteiger partial charge in [-0.3, -0.25) is 0 Å². The van der Waals surface area contributed by atoms with Gasteiger partial charge < -0.3 is 20.3 Å². The fourth-order valence-electron chi connectivity index (χ4n) is 3.00. The van der Waals surface area contributed by atoms with Crippen LogP contribution in [0.4, 0.5) is 0 Å². The number of benzene rings is 1. The zero-order chi connectivity index (χ0) is 15.4. The van der Waals surface area contributed by atoms with E-state index in [0.717, 1.165) is 41.9 Å². The fraction of sp³-hybridized carbons (Fsp3) is 0.647. The third kappa shape index (κ3) is 3.50. The quantitative estimate of drug-likeness (QED) is 0.811. The molecule has 1 aliphatic rings. The molecule has 21 heavy (non-hydrogen) atoms. The summed E-state index contributed by atoms with van der Waals surface area (Å²) in [7, 11) is 0. The van der Waals surface area contributed by atoms with Crippen LogP contribution in [0.1, 0.15) is 50.8 Å². The van der Waals surface area contributed by atoms with Gasteiger partial charge in [0.15, 0.2) is 0 Å². The van der Waals surface area contributed by atoms with Gasteiger partial charge in [-0.1, -0.05) is 13.3 Å². The van der Waals surface area contributed by atoms with Gasteiger partial charge in [-0.15, -0.1) is 0 Å². The summed E-state index contributed by atoms with van der Waals surface area (Å²) in [4.78, 5) is 0. The maximum Gasteiger partial charge on any atom is 0.125 e. The maximum atomic E-state index is 10.7. The van der Waals surface area contributed by atoms with E-state index in [-0.39, 0.29) is 12.0 Å². The van der Waals surface area contributed by atoms with Crippen molar-refractivity contribution in [3.8, 4) is 11.5 Å². The van der Waals surface area contributed by atoms with E-state index in [0.29, 0.717) is 13.2 Å². The Morgan fingerprint density at radius 1 is 1.43 bits per heavy atom. The molecule has 0 saturated carbocycles. The van der Waals surface area contributed by atoms with Crippen LogP contribution < -0.4 is 15.2 Å². The number of aliphatic hydroxyl groups excluding tert-OH is 1. The Morgan fingerprint density at radius 2 is 2.19 bits per heavy atom. The number of hydrogen-bond donors (Lipinski definition) is 2. The molecule has 118 valence electrons. The zero-order valence-corrected chi connectivity index (χ0v) is 13.3. The lowest BCUT2D eigenvalue weighted by atomic mass is 9.90. The summed E-state index contributed by atoms with van der Waals surface area (Å²) in [6.07, 6.45) is 2.36. The Labute approximate surface area is 127 Å². The van der Waals surface area contributed by atoms with Gasteiger partial charge in [-0.25, -0.2) is 0 Å². The van der Waals surface area contributed by atoms with Crippen molar-refractivity contribution >= 4 is 0 Å². The molecule has 0 spiro atoms. The van der Waals surface area contributed by atoms with Crippen LogP contribution in [0.3, 0.4) is 0 Å². The summed E-state index contributed by atoms with van der Waals surface area (Å²) in [5.41, 5.74) is 7.78. The van der Waals surface area contributed by atoms with Crippen molar-refractivity contribution in [1.82, 2.24) is 0 Å². The molecule has 0 fully saturated rings. The molecule has 4 heteroatoms. The first kappa shape index (κ1) is 16.1. The minimum Gasteiger partial charge on any atom is -0.493 e. The molecule has 0 bridgehead atoms. The average Bonchev–Trinajstić information content (AvgIpc) is 2.82. The van der Waals surface area contributed by atoms with E-state index in [9.17, 15) is 5.11 Å². The van der Waals surface area contributed by atoms with Gasteiger partial charge in [-0.2, -0.15) is 0 Å². The highest BCUT2D eigenvalue weighted by atomic mass is 16.5. The monoisotopic (exact) mass is 293 g/mol. The lowest BCUT2D eigenvalue weighted by Gasteiger charge is -2.24. The minimum absolute atomic E-state index is 0.0473. The average molecular weight is 293 g/mol. The van der Waals surface area contributed by atoms with Gasteiger partial charge in [0, 0.05) is 23.5 Å². The molecule has 1 aromatic carbocycles. The van der Waals surface area contributed by atoms with E-state index in [4.69, 9.17) is 15.2 Å². The lowest BCUT2D eigenvalue weighted by molar-refractivity contribution is 0.103. The van der Waals surface area contributed by atoms with E-state index >= 15 is 0 Å². The second-order valence-corrected chi connectivity index (χ2v) is 5.79. The largest absolute Gasteiger partial charge is 0.493 e. The van der Waals surface area contributed by atoms with Crippen LogP contribution in [-0.2, 0) is 6.42 Å². The van der Waals surface area contributed by atoms with Gasteiger partial charge >= 0.3 is 0 Å². The Hall–Kier alpha value is -1.26. The van der Waals surface area contributed by atoms with Gasteiger partial charge in [0.25, 0.3) is 0 Å². The first-order valence-electron chi connectivity index (χ1n) is 7.95. The van der Waals surface area contributed by atoms with Crippen molar-refractivity contribution in [1.29, 1.82) is 0 Å². The van der Waals surface area contributed by atoms with Crippen molar-refractivity contribution in [3.05, 3.63) is 23.3 Å². The van der Waals surface area contributed by atoms with Crippen LogP contribution in [0.2, 0.25) is 0 Å². The first-order valence-corrected chi connectivity index (χ1v) is 7.95.